The van der Waals surface area contributed by atoms with E-state index < -0.39 is 0 Å². The van der Waals surface area contributed by atoms with Crippen LogP contribution < -0.4 is 5.73 Å². The first-order valence-electron chi connectivity index (χ1n) is 9.20. The summed E-state index contributed by atoms with van der Waals surface area (Å²) in [5, 5.41) is 0. The molecule has 0 saturated heterocycles. The fourth-order valence-electron chi connectivity index (χ4n) is 3.34. The van der Waals surface area contributed by atoms with Crippen molar-refractivity contribution in [2.75, 3.05) is 0 Å². The summed E-state index contributed by atoms with van der Waals surface area (Å²) in [5.41, 5.74) is 6.67. The Balaban J connectivity index is 4.18. The van der Waals surface area contributed by atoms with Gasteiger partial charge in [0.1, 0.15) is 0 Å². The molecule has 0 aromatic carbocycles. The minimum atomic E-state index is -0.314. The van der Waals surface area contributed by atoms with Crippen LogP contribution in [0.5, 0.6) is 0 Å². The normalized spacial score (nSPS) is 14.6. The van der Waals surface area contributed by atoms with E-state index in [2.05, 4.69) is 13.5 Å². The lowest BCUT2D eigenvalue weighted by Gasteiger charge is -2.35. The van der Waals surface area contributed by atoms with Gasteiger partial charge in [0.25, 0.3) is 0 Å². The molecule has 0 aromatic rings. The van der Waals surface area contributed by atoms with Gasteiger partial charge in [0, 0.05) is 11.5 Å². The van der Waals surface area contributed by atoms with Crippen molar-refractivity contribution >= 4 is 5.78 Å². The van der Waals surface area contributed by atoms with Crippen molar-refractivity contribution in [2.45, 2.75) is 97.9 Å². The first-order chi connectivity index (χ1) is 10.2. The van der Waals surface area contributed by atoms with Crippen molar-refractivity contribution in [3.05, 3.63) is 12.2 Å². The number of carbonyl (C=O) groups is 1. The molecule has 0 amide bonds. The van der Waals surface area contributed by atoms with Crippen molar-refractivity contribution in [3.8, 4) is 0 Å². The summed E-state index contributed by atoms with van der Waals surface area (Å²) in [7, 11) is 0. The molecule has 130 valence electrons. The van der Waals surface area contributed by atoms with Crippen LogP contribution in [-0.4, -0.2) is 11.3 Å². The van der Waals surface area contributed by atoms with Gasteiger partial charge in [-0.2, -0.15) is 0 Å². The molecule has 0 heterocycles. The van der Waals surface area contributed by atoms with Crippen molar-refractivity contribution in [1.82, 2.24) is 0 Å². The molecule has 22 heavy (non-hydrogen) atoms. The lowest BCUT2D eigenvalue weighted by Crippen LogP contribution is -2.46. The van der Waals surface area contributed by atoms with Gasteiger partial charge in [-0.15, -0.1) is 0 Å². The number of hydrogen-bond acceptors (Lipinski definition) is 2. The van der Waals surface area contributed by atoms with E-state index in [9.17, 15) is 4.79 Å². The van der Waals surface area contributed by atoms with Crippen molar-refractivity contribution in [1.29, 1.82) is 0 Å². The standard InChI is InChI=1S/C20H39NO/c1-7-8-9-10-11-12-13-14-15-18(20(5,6)21)17(4)19(22)16(2)3/h17-18H,2,7-15,21H2,1,3-6H3. The van der Waals surface area contributed by atoms with E-state index in [-0.39, 0.29) is 23.2 Å². The summed E-state index contributed by atoms with van der Waals surface area (Å²) < 4.78 is 0. The number of Topliss-reactive ketones (excluding diaryl/α,β-unsaturated/α-hetero) is 1. The second-order valence-corrected chi connectivity index (χ2v) is 7.62. The molecule has 0 aliphatic carbocycles. The predicted molar refractivity (Wildman–Crippen MR) is 98.0 cm³/mol. The van der Waals surface area contributed by atoms with E-state index in [1.54, 1.807) is 6.92 Å². The van der Waals surface area contributed by atoms with Crippen LogP contribution in [0, 0.1) is 11.8 Å². The highest BCUT2D eigenvalue weighted by atomic mass is 16.1. The van der Waals surface area contributed by atoms with E-state index >= 15 is 0 Å². The zero-order valence-corrected chi connectivity index (χ0v) is 15.7. The Labute approximate surface area is 138 Å². The van der Waals surface area contributed by atoms with Gasteiger partial charge in [0.2, 0.25) is 0 Å². The van der Waals surface area contributed by atoms with Crippen LogP contribution in [-0.2, 0) is 4.79 Å². The first-order valence-corrected chi connectivity index (χ1v) is 9.20. The van der Waals surface area contributed by atoms with Crippen molar-refractivity contribution in [3.63, 3.8) is 0 Å². The lowest BCUT2D eigenvalue weighted by atomic mass is 9.73. The minimum absolute atomic E-state index is 0.0259. The maximum atomic E-state index is 12.2. The zero-order chi connectivity index (χ0) is 17.2. The molecule has 0 saturated carbocycles. The topological polar surface area (TPSA) is 43.1 Å². The monoisotopic (exact) mass is 309 g/mol. The molecule has 0 bridgehead atoms. The molecule has 2 nitrogen and oxygen atoms in total. The summed E-state index contributed by atoms with van der Waals surface area (Å²) in [6, 6.07) is 0. The first kappa shape index (κ1) is 21.4. The van der Waals surface area contributed by atoms with Gasteiger partial charge in [-0.3, -0.25) is 4.79 Å². The molecular formula is C20H39NO. The van der Waals surface area contributed by atoms with Crippen molar-refractivity contribution in [2.24, 2.45) is 17.6 Å². The number of hydrogen-bond donors (Lipinski definition) is 1. The number of ketones is 1. The van der Waals surface area contributed by atoms with Crippen LogP contribution >= 0.6 is 0 Å². The van der Waals surface area contributed by atoms with Crippen LogP contribution in [0.1, 0.15) is 92.4 Å². The van der Waals surface area contributed by atoms with Crippen LogP contribution in [0.3, 0.4) is 0 Å². The average molecular weight is 310 g/mol. The van der Waals surface area contributed by atoms with Crippen molar-refractivity contribution < 1.29 is 4.79 Å². The van der Waals surface area contributed by atoms with Gasteiger partial charge in [0.15, 0.2) is 5.78 Å². The Morgan fingerprint density at radius 3 is 1.91 bits per heavy atom. The maximum absolute atomic E-state index is 12.2. The molecule has 0 fully saturated rings. The third-order valence-electron chi connectivity index (χ3n) is 4.76. The van der Waals surface area contributed by atoms with E-state index in [0.29, 0.717) is 5.57 Å². The highest BCUT2D eigenvalue weighted by Gasteiger charge is 2.33. The second kappa shape index (κ2) is 11.0. The van der Waals surface area contributed by atoms with Gasteiger partial charge in [0.05, 0.1) is 0 Å². The third kappa shape index (κ3) is 8.73. The van der Waals surface area contributed by atoms with E-state index in [1.165, 1.54) is 51.4 Å². The van der Waals surface area contributed by atoms with E-state index in [1.807, 2.05) is 20.8 Å². The number of nitrogens with two attached hydrogens (primary N) is 1. The summed E-state index contributed by atoms with van der Waals surface area (Å²) >= 11 is 0. The molecule has 0 aliphatic rings. The highest BCUT2D eigenvalue weighted by Crippen LogP contribution is 2.30. The Hall–Kier alpha value is -0.630. The molecule has 0 spiro atoms. The van der Waals surface area contributed by atoms with E-state index in [4.69, 9.17) is 5.73 Å². The van der Waals surface area contributed by atoms with Gasteiger partial charge in [-0.1, -0.05) is 71.8 Å². The largest absolute Gasteiger partial charge is 0.325 e. The van der Waals surface area contributed by atoms with Gasteiger partial charge < -0.3 is 5.73 Å². The van der Waals surface area contributed by atoms with Gasteiger partial charge in [-0.25, -0.2) is 0 Å². The number of rotatable bonds is 13. The van der Waals surface area contributed by atoms with Crippen LogP contribution in [0.2, 0.25) is 0 Å². The Morgan fingerprint density at radius 1 is 1.05 bits per heavy atom. The molecule has 0 rings (SSSR count). The molecular weight excluding hydrogens is 270 g/mol. The third-order valence-corrected chi connectivity index (χ3v) is 4.76. The quantitative estimate of drug-likeness (QED) is 0.353. The minimum Gasteiger partial charge on any atom is -0.325 e. The lowest BCUT2D eigenvalue weighted by molar-refractivity contribution is -0.121. The van der Waals surface area contributed by atoms with E-state index in [0.717, 1.165) is 6.42 Å². The molecule has 0 aliphatic heterocycles. The maximum Gasteiger partial charge on any atom is 0.161 e. The number of allylic oxidation sites excluding steroid dienone is 1. The van der Waals surface area contributed by atoms with Gasteiger partial charge in [-0.05, 0) is 38.7 Å². The predicted octanol–water partition coefficient (Wildman–Crippen LogP) is 5.65. The Bertz CT molecular complexity index is 327. The Kier molecular flexibility index (Phi) is 10.7. The summed E-state index contributed by atoms with van der Waals surface area (Å²) in [4.78, 5) is 12.2. The van der Waals surface area contributed by atoms with Gasteiger partial charge >= 0.3 is 0 Å². The SMILES string of the molecule is C=C(C)C(=O)C(C)C(CCCCCCCCCC)C(C)(C)N. The molecule has 2 unspecified atom stereocenters. The molecule has 2 N–H and O–H groups in total. The molecule has 0 radical (unpaired) electrons. The average Bonchev–Trinajstić information content (AvgIpc) is 2.42. The number of unbranched alkanes of at least 4 members (excludes halogenated alkanes) is 7. The van der Waals surface area contributed by atoms with Crippen LogP contribution in [0.4, 0.5) is 0 Å². The zero-order valence-electron chi connectivity index (χ0n) is 15.7. The smallest absolute Gasteiger partial charge is 0.161 e. The Morgan fingerprint density at radius 2 is 1.50 bits per heavy atom. The fraction of sp³-hybridized carbons (Fsp3) is 0.850. The molecule has 2 atom stereocenters. The summed E-state index contributed by atoms with van der Waals surface area (Å²) in [6.45, 7) is 14.0. The summed E-state index contributed by atoms with van der Waals surface area (Å²) in [5.74, 6) is 0.377. The second-order valence-electron chi connectivity index (χ2n) is 7.62. The van der Waals surface area contributed by atoms with Crippen LogP contribution in [0.15, 0.2) is 12.2 Å². The fourth-order valence-corrected chi connectivity index (χ4v) is 3.34. The molecule has 0 aromatic heterocycles. The highest BCUT2D eigenvalue weighted by molar-refractivity contribution is 5.96. The number of carbonyl (C=O) groups excluding carboxylic acids is 1. The van der Waals surface area contributed by atoms with Crippen LogP contribution in [0.25, 0.3) is 0 Å². The molecule has 2 heteroatoms. The summed E-state index contributed by atoms with van der Waals surface area (Å²) in [6.07, 6.45) is 11.5.